The zero-order valence-electron chi connectivity index (χ0n) is 8.07. The van der Waals surface area contributed by atoms with E-state index < -0.39 is 0 Å². The lowest BCUT2D eigenvalue weighted by molar-refractivity contribution is -0.140. The molecule has 0 aromatic heterocycles. The van der Waals surface area contributed by atoms with Crippen molar-refractivity contribution in [1.82, 2.24) is 9.80 Å². The van der Waals surface area contributed by atoms with E-state index in [1.54, 1.807) is 0 Å². The Hall–Kier alpha value is -0.830. The second kappa shape index (κ2) is 3.50. The fourth-order valence-corrected chi connectivity index (χ4v) is 1.95. The van der Waals surface area contributed by atoms with Crippen molar-refractivity contribution >= 4 is 5.91 Å². The Labute approximate surface area is 79.0 Å². The van der Waals surface area contributed by atoms with Gasteiger partial charge in [0.25, 0.3) is 0 Å². The zero-order chi connectivity index (χ0) is 9.26. The number of hydrogen-bond donors (Lipinski definition) is 0. The summed E-state index contributed by atoms with van der Waals surface area (Å²) in [6.45, 7) is 3.62. The van der Waals surface area contributed by atoms with E-state index in [9.17, 15) is 4.79 Å². The molecule has 1 saturated heterocycles. The summed E-state index contributed by atoms with van der Waals surface area (Å²) in [6, 6.07) is 0. The smallest absolute Gasteiger partial charge is 0.228 e. The highest BCUT2D eigenvalue weighted by Crippen LogP contribution is 2.17. The molecule has 0 unspecified atom stereocenters. The molecule has 0 bridgehead atoms. The van der Waals surface area contributed by atoms with Crippen LogP contribution in [-0.2, 0) is 4.79 Å². The normalized spacial score (nSPS) is 24.5. The van der Waals surface area contributed by atoms with E-state index in [-0.39, 0.29) is 5.92 Å². The fraction of sp³-hybridized carbons (Fsp3) is 0.700. The summed E-state index contributed by atoms with van der Waals surface area (Å²) in [5.41, 5.74) is 0. The van der Waals surface area contributed by atoms with E-state index in [1.807, 2.05) is 4.90 Å². The first-order valence-corrected chi connectivity index (χ1v) is 4.89. The lowest BCUT2D eigenvalue weighted by Gasteiger charge is -2.38. The molecule has 0 spiro atoms. The summed E-state index contributed by atoms with van der Waals surface area (Å²) in [5, 5.41) is 0. The highest BCUT2D eigenvalue weighted by molar-refractivity contribution is 5.80. The van der Waals surface area contributed by atoms with Gasteiger partial charge >= 0.3 is 0 Å². The molecule has 0 N–H and O–H groups in total. The van der Waals surface area contributed by atoms with Gasteiger partial charge in [-0.05, 0) is 13.5 Å². The molecule has 1 amide bonds. The van der Waals surface area contributed by atoms with Crippen LogP contribution in [-0.4, -0.2) is 48.9 Å². The van der Waals surface area contributed by atoms with E-state index in [2.05, 4.69) is 24.1 Å². The average molecular weight is 180 g/mol. The van der Waals surface area contributed by atoms with E-state index >= 15 is 0 Å². The first-order valence-electron chi connectivity index (χ1n) is 4.89. The van der Waals surface area contributed by atoms with Crippen LogP contribution >= 0.6 is 0 Å². The maximum Gasteiger partial charge on any atom is 0.228 e. The van der Waals surface area contributed by atoms with E-state index in [4.69, 9.17) is 0 Å². The molecule has 2 rings (SSSR count). The van der Waals surface area contributed by atoms with Crippen molar-refractivity contribution in [2.45, 2.75) is 6.42 Å². The van der Waals surface area contributed by atoms with Gasteiger partial charge in [0.2, 0.25) is 5.91 Å². The Morgan fingerprint density at radius 1 is 1.38 bits per heavy atom. The van der Waals surface area contributed by atoms with Crippen LogP contribution in [0.2, 0.25) is 0 Å². The molecule has 0 aliphatic carbocycles. The molecule has 1 fully saturated rings. The largest absolute Gasteiger partial charge is 0.338 e. The molecule has 72 valence electrons. The second-order valence-corrected chi connectivity index (χ2v) is 3.96. The number of likely N-dealkylation sites (tertiary alicyclic amines) is 1. The minimum Gasteiger partial charge on any atom is -0.338 e. The van der Waals surface area contributed by atoms with Crippen LogP contribution in [0.3, 0.4) is 0 Å². The number of hydrogen-bond acceptors (Lipinski definition) is 2. The maximum absolute atomic E-state index is 11.8. The summed E-state index contributed by atoms with van der Waals surface area (Å²) in [5.74, 6) is 0.624. The van der Waals surface area contributed by atoms with Crippen LogP contribution in [0.4, 0.5) is 0 Å². The standard InChI is InChI=1S/C10H16N2O/c1-11-7-9(8-11)10(13)12-5-3-2-4-6-12/h2-3,9H,4-8H2,1H3. The van der Waals surface area contributed by atoms with Gasteiger partial charge in [0, 0.05) is 26.2 Å². The molecule has 2 heterocycles. The molecule has 0 atom stereocenters. The highest BCUT2D eigenvalue weighted by Gasteiger charge is 2.32. The Kier molecular flexibility index (Phi) is 2.36. The van der Waals surface area contributed by atoms with E-state index in [0.717, 1.165) is 32.6 Å². The van der Waals surface area contributed by atoms with Crippen LogP contribution in [0.5, 0.6) is 0 Å². The van der Waals surface area contributed by atoms with Crippen molar-refractivity contribution in [2.24, 2.45) is 5.92 Å². The van der Waals surface area contributed by atoms with Gasteiger partial charge in [-0.15, -0.1) is 0 Å². The fourth-order valence-electron chi connectivity index (χ4n) is 1.95. The predicted molar refractivity (Wildman–Crippen MR) is 51.3 cm³/mol. The van der Waals surface area contributed by atoms with Gasteiger partial charge < -0.3 is 9.80 Å². The van der Waals surface area contributed by atoms with Crippen molar-refractivity contribution < 1.29 is 4.79 Å². The molecule has 2 aliphatic rings. The van der Waals surface area contributed by atoms with Crippen LogP contribution in [0, 0.1) is 5.92 Å². The predicted octanol–water partition coefficient (Wildman–Crippen LogP) is 0.337. The monoisotopic (exact) mass is 180 g/mol. The van der Waals surface area contributed by atoms with Crippen LogP contribution < -0.4 is 0 Å². The van der Waals surface area contributed by atoms with Crippen molar-refractivity contribution in [3.63, 3.8) is 0 Å². The Balaban J connectivity index is 1.86. The molecule has 0 radical (unpaired) electrons. The van der Waals surface area contributed by atoms with Gasteiger partial charge in [0.05, 0.1) is 5.92 Å². The Morgan fingerprint density at radius 2 is 2.15 bits per heavy atom. The third kappa shape index (κ3) is 1.75. The zero-order valence-corrected chi connectivity index (χ0v) is 8.07. The minimum atomic E-state index is 0.275. The minimum absolute atomic E-state index is 0.275. The SMILES string of the molecule is CN1CC(C(=O)N2CC=CCC2)C1. The lowest BCUT2D eigenvalue weighted by Crippen LogP contribution is -2.53. The van der Waals surface area contributed by atoms with Crippen LogP contribution in [0.25, 0.3) is 0 Å². The number of amides is 1. The summed E-state index contributed by atoms with van der Waals surface area (Å²) in [7, 11) is 2.06. The van der Waals surface area contributed by atoms with Crippen LogP contribution in [0.15, 0.2) is 12.2 Å². The topological polar surface area (TPSA) is 23.6 Å². The first kappa shape index (κ1) is 8.75. The molecular weight excluding hydrogens is 164 g/mol. The van der Waals surface area contributed by atoms with Gasteiger partial charge in [-0.25, -0.2) is 0 Å². The van der Waals surface area contributed by atoms with Gasteiger partial charge in [-0.1, -0.05) is 12.2 Å². The molecular formula is C10H16N2O. The molecule has 13 heavy (non-hydrogen) atoms. The third-order valence-corrected chi connectivity index (χ3v) is 2.78. The van der Waals surface area contributed by atoms with E-state index in [1.165, 1.54) is 0 Å². The quantitative estimate of drug-likeness (QED) is 0.543. The first-order chi connectivity index (χ1) is 6.27. The number of carbonyl (C=O) groups is 1. The summed E-state index contributed by atoms with van der Waals surface area (Å²) in [4.78, 5) is 15.9. The molecule has 3 nitrogen and oxygen atoms in total. The third-order valence-electron chi connectivity index (χ3n) is 2.78. The Morgan fingerprint density at radius 3 is 2.69 bits per heavy atom. The lowest BCUT2D eigenvalue weighted by atomic mass is 9.99. The van der Waals surface area contributed by atoms with Gasteiger partial charge in [-0.3, -0.25) is 4.79 Å². The van der Waals surface area contributed by atoms with Crippen LogP contribution in [0.1, 0.15) is 6.42 Å². The van der Waals surface area contributed by atoms with Gasteiger partial charge in [0.15, 0.2) is 0 Å². The van der Waals surface area contributed by atoms with Crippen molar-refractivity contribution in [3.8, 4) is 0 Å². The number of carbonyl (C=O) groups excluding carboxylic acids is 1. The number of rotatable bonds is 1. The van der Waals surface area contributed by atoms with E-state index in [0.29, 0.717) is 5.91 Å². The summed E-state index contributed by atoms with van der Waals surface area (Å²) >= 11 is 0. The summed E-state index contributed by atoms with van der Waals surface area (Å²) < 4.78 is 0. The molecule has 0 aromatic carbocycles. The van der Waals surface area contributed by atoms with Gasteiger partial charge in [0.1, 0.15) is 0 Å². The average Bonchev–Trinajstić information content (AvgIpc) is 2.13. The maximum atomic E-state index is 11.8. The molecule has 0 aromatic rings. The van der Waals surface area contributed by atoms with Crippen molar-refractivity contribution in [2.75, 3.05) is 33.2 Å². The molecule has 0 saturated carbocycles. The number of nitrogens with zero attached hydrogens (tertiary/aromatic N) is 2. The van der Waals surface area contributed by atoms with Gasteiger partial charge in [-0.2, -0.15) is 0 Å². The Bertz CT molecular complexity index is 231. The van der Waals surface area contributed by atoms with Crippen molar-refractivity contribution in [1.29, 1.82) is 0 Å². The summed E-state index contributed by atoms with van der Waals surface area (Å²) in [6.07, 6.45) is 5.26. The van der Waals surface area contributed by atoms with Crippen molar-refractivity contribution in [3.05, 3.63) is 12.2 Å². The molecule has 3 heteroatoms. The highest BCUT2D eigenvalue weighted by atomic mass is 16.2. The second-order valence-electron chi connectivity index (χ2n) is 3.96. The molecule has 2 aliphatic heterocycles.